The van der Waals surface area contributed by atoms with Crippen LogP contribution in [-0.2, 0) is 19.2 Å². The second kappa shape index (κ2) is 13.1. The van der Waals surface area contributed by atoms with Crippen LogP contribution in [0.25, 0.3) is 0 Å². The minimum absolute atomic E-state index is 0.167. The van der Waals surface area contributed by atoms with Gasteiger partial charge >= 0.3 is 11.9 Å². The zero-order valence-electron chi connectivity index (χ0n) is 21.2. The largest absolute Gasteiger partial charge is 0.481 e. The van der Waals surface area contributed by atoms with Gasteiger partial charge in [-0.25, -0.2) is 19.6 Å². The number of allylic oxidation sites excluding steroid dienone is 2. The van der Waals surface area contributed by atoms with Crippen LogP contribution in [0.15, 0.2) is 22.1 Å². The van der Waals surface area contributed by atoms with Gasteiger partial charge in [0, 0.05) is 0 Å². The summed E-state index contributed by atoms with van der Waals surface area (Å²) in [6.07, 6.45) is 17.5. The molecule has 3 aliphatic carbocycles. The van der Waals surface area contributed by atoms with Crippen molar-refractivity contribution in [2.24, 2.45) is 44.5 Å². The van der Waals surface area contributed by atoms with Crippen LogP contribution in [0.3, 0.4) is 0 Å². The fraction of sp³-hybridized carbons (Fsp3) is 0.786. The predicted molar refractivity (Wildman–Crippen MR) is 134 cm³/mol. The Morgan fingerprint density at radius 1 is 0.694 bits per heavy atom. The molecule has 0 saturated heterocycles. The van der Waals surface area contributed by atoms with Gasteiger partial charge in [0.15, 0.2) is 0 Å². The maximum absolute atomic E-state index is 13.1. The normalized spacial score (nSPS) is 34.2. The number of aliphatic carboxylic acids is 2. The first-order valence-electron chi connectivity index (χ1n) is 13.6. The lowest BCUT2D eigenvalue weighted by atomic mass is 9.44. The topological polar surface area (TPSA) is 133 Å². The standard InChI is InChI=1S/C28H40N2O6/c31-19-29-17-3-5-21-7-11-23(12-8-21)27(25(33)34)15-1-2-16-28(27,26(35)36)24-13-9-22(10-14-24)6-4-18-30-20-32/h1-2,21-24H,3-18H2,(H,33,34)(H,35,36). The number of rotatable bonds is 12. The van der Waals surface area contributed by atoms with Crippen molar-refractivity contribution in [1.29, 1.82) is 0 Å². The molecule has 0 spiro atoms. The van der Waals surface area contributed by atoms with Gasteiger partial charge in [-0.2, -0.15) is 0 Å². The van der Waals surface area contributed by atoms with Gasteiger partial charge in [-0.3, -0.25) is 9.59 Å². The lowest BCUT2D eigenvalue weighted by molar-refractivity contribution is -0.193. The molecule has 198 valence electrons. The molecule has 0 radical (unpaired) electrons. The highest BCUT2D eigenvalue weighted by atomic mass is 16.4. The van der Waals surface area contributed by atoms with Crippen molar-refractivity contribution >= 4 is 24.1 Å². The summed E-state index contributed by atoms with van der Waals surface area (Å²) < 4.78 is 0. The Labute approximate surface area is 213 Å². The zero-order valence-corrected chi connectivity index (χ0v) is 21.2. The molecule has 2 saturated carbocycles. The predicted octanol–water partition coefficient (Wildman–Crippen LogP) is 5.32. The Hall–Kier alpha value is -2.56. The van der Waals surface area contributed by atoms with Crippen molar-refractivity contribution in [3.05, 3.63) is 12.2 Å². The minimum atomic E-state index is -1.30. The van der Waals surface area contributed by atoms with Gasteiger partial charge in [0.2, 0.25) is 12.2 Å². The van der Waals surface area contributed by atoms with E-state index in [1.807, 2.05) is 12.2 Å². The fourth-order valence-electron chi connectivity index (χ4n) is 7.77. The average molecular weight is 501 g/mol. The van der Waals surface area contributed by atoms with E-state index in [1.54, 1.807) is 12.2 Å². The number of hydrogen-bond acceptors (Lipinski definition) is 6. The van der Waals surface area contributed by atoms with Crippen LogP contribution in [0.4, 0.5) is 0 Å². The average Bonchev–Trinajstić information content (AvgIpc) is 2.89. The monoisotopic (exact) mass is 500 g/mol. The third-order valence-electron chi connectivity index (χ3n) is 9.59. The van der Waals surface area contributed by atoms with E-state index >= 15 is 0 Å². The summed E-state index contributed by atoms with van der Waals surface area (Å²) in [5.74, 6) is -1.31. The molecule has 8 heteroatoms. The number of nitrogens with zero attached hydrogens (tertiary/aromatic N) is 2. The number of carbonyl (C=O) groups is 2. The van der Waals surface area contributed by atoms with Gasteiger partial charge in [0.1, 0.15) is 0 Å². The van der Waals surface area contributed by atoms with Crippen LogP contribution in [0, 0.1) is 34.5 Å². The molecule has 0 aromatic heterocycles. The number of carbonyl (C=O) groups excluding carboxylic acids is 2. The number of carboxylic acids is 2. The van der Waals surface area contributed by atoms with E-state index in [4.69, 9.17) is 0 Å². The molecule has 3 aliphatic rings. The molecular formula is C28H40N2O6. The zero-order chi connectivity index (χ0) is 26.0. The van der Waals surface area contributed by atoms with E-state index in [1.165, 1.54) is 0 Å². The van der Waals surface area contributed by atoms with Crippen molar-refractivity contribution in [3.8, 4) is 0 Å². The van der Waals surface area contributed by atoms with E-state index in [0.29, 0.717) is 24.9 Å². The lowest BCUT2D eigenvalue weighted by Crippen LogP contribution is -2.61. The number of carboxylic acid groups (broad SMARTS) is 2. The van der Waals surface area contributed by atoms with Crippen LogP contribution in [0.2, 0.25) is 0 Å². The molecule has 8 nitrogen and oxygen atoms in total. The highest BCUT2D eigenvalue weighted by Gasteiger charge is 2.67. The van der Waals surface area contributed by atoms with Gasteiger partial charge in [-0.05, 0) is 87.9 Å². The molecule has 0 bridgehead atoms. The van der Waals surface area contributed by atoms with Gasteiger partial charge in [-0.15, -0.1) is 0 Å². The number of aliphatic imine (C=N–C) groups is 2. The summed E-state index contributed by atoms with van der Waals surface area (Å²) in [4.78, 5) is 54.1. The Morgan fingerprint density at radius 2 is 1.06 bits per heavy atom. The maximum atomic E-state index is 13.1. The molecule has 2 unspecified atom stereocenters. The second-order valence-electron chi connectivity index (χ2n) is 11.1. The Kier molecular flexibility index (Phi) is 10.2. The quantitative estimate of drug-likeness (QED) is 0.161. The van der Waals surface area contributed by atoms with E-state index in [0.717, 1.165) is 77.0 Å². The highest BCUT2D eigenvalue weighted by molar-refractivity contribution is 5.88. The summed E-state index contributed by atoms with van der Waals surface area (Å²) in [6.45, 7) is 0.949. The highest BCUT2D eigenvalue weighted by Crippen LogP contribution is 2.63. The first kappa shape index (κ1) is 28.0. The first-order chi connectivity index (χ1) is 17.4. The Bertz CT molecular complexity index is 818. The Morgan fingerprint density at radius 3 is 1.36 bits per heavy atom. The molecule has 2 atom stereocenters. The Balaban J connectivity index is 1.77. The van der Waals surface area contributed by atoms with Crippen LogP contribution in [0.1, 0.15) is 89.9 Å². The molecule has 3 rings (SSSR count). The smallest absolute Gasteiger partial charge is 0.311 e. The van der Waals surface area contributed by atoms with Crippen molar-refractivity contribution < 1.29 is 29.4 Å². The fourth-order valence-corrected chi connectivity index (χ4v) is 7.77. The van der Waals surface area contributed by atoms with Crippen molar-refractivity contribution in [1.82, 2.24) is 0 Å². The van der Waals surface area contributed by atoms with Crippen molar-refractivity contribution in [2.75, 3.05) is 13.1 Å². The molecule has 2 fully saturated rings. The number of isocyanates is 2. The van der Waals surface area contributed by atoms with Crippen LogP contribution >= 0.6 is 0 Å². The van der Waals surface area contributed by atoms with Gasteiger partial charge in [0.05, 0.1) is 23.9 Å². The lowest BCUT2D eigenvalue weighted by Gasteiger charge is -2.56. The maximum Gasteiger partial charge on any atom is 0.311 e. The first-order valence-corrected chi connectivity index (χ1v) is 13.6. The van der Waals surface area contributed by atoms with E-state index < -0.39 is 22.8 Å². The van der Waals surface area contributed by atoms with Gasteiger partial charge in [-0.1, -0.05) is 37.8 Å². The summed E-state index contributed by atoms with van der Waals surface area (Å²) in [5, 5.41) is 21.5. The summed E-state index contributed by atoms with van der Waals surface area (Å²) in [5.41, 5.74) is -2.59. The third-order valence-corrected chi connectivity index (χ3v) is 9.59. The van der Waals surface area contributed by atoms with Gasteiger partial charge < -0.3 is 10.2 Å². The molecule has 2 N–H and O–H groups in total. The summed E-state index contributed by atoms with van der Waals surface area (Å²) >= 11 is 0. The molecule has 0 aromatic carbocycles. The van der Waals surface area contributed by atoms with E-state index in [2.05, 4.69) is 9.98 Å². The number of hydrogen-bond donors (Lipinski definition) is 2. The van der Waals surface area contributed by atoms with Crippen LogP contribution < -0.4 is 0 Å². The molecule has 0 heterocycles. The summed E-state index contributed by atoms with van der Waals surface area (Å²) in [6, 6.07) is 0. The van der Waals surface area contributed by atoms with E-state index in [-0.39, 0.29) is 24.7 Å². The van der Waals surface area contributed by atoms with Crippen molar-refractivity contribution in [3.63, 3.8) is 0 Å². The third kappa shape index (κ3) is 5.71. The molecule has 0 aromatic rings. The van der Waals surface area contributed by atoms with Crippen molar-refractivity contribution in [2.45, 2.75) is 89.9 Å². The summed E-state index contributed by atoms with van der Waals surface area (Å²) in [7, 11) is 0. The minimum Gasteiger partial charge on any atom is -0.481 e. The van der Waals surface area contributed by atoms with Crippen LogP contribution in [-0.4, -0.2) is 47.4 Å². The van der Waals surface area contributed by atoms with E-state index in [9.17, 15) is 29.4 Å². The second-order valence-corrected chi connectivity index (χ2v) is 11.1. The van der Waals surface area contributed by atoms with Gasteiger partial charge in [0.25, 0.3) is 0 Å². The molecule has 0 amide bonds. The van der Waals surface area contributed by atoms with Crippen LogP contribution in [0.5, 0.6) is 0 Å². The molecule has 36 heavy (non-hydrogen) atoms. The SMILES string of the molecule is O=C=NCCCC1CCC(C2(C(=O)O)CC=CCC2(C(=O)O)C2CCC(CCCN=C=O)CC2)CC1. The molecular weight excluding hydrogens is 460 g/mol. The molecule has 0 aliphatic heterocycles.